The summed E-state index contributed by atoms with van der Waals surface area (Å²) in [5.74, 6) is 1.95. The molecule has 1 N–H and O–H groups in total. The molecule has 5 nitrogen and oxygen atoms in total. The molecule has 0 bridgehead atoms. The van der Waals surface area contributed by atoms with Crippen LogP contribution in [-0.2, 0) is 0 Å². The van der Waals surface area contributed by atoms with Gasteiger partial charge < -0.3 is 15.1 Å². The summed E-state index contributed by atoms with van der Waals surface area (Å²) in [5.41, 5.74) is 1.20. The number of nitrogens with one attached hydrogen (secondary N) is 1. The Labute approximate surface area is 143 Å². The van der Waals surface area contributed by atoms with Crippen molar-refractivity contribution in [2.75, 3.05) is 41.3 Å². The highest BCUT2D eigenvalue weighted by Crippen LogP contribution is 2.23. The zero-order chi connectivity index (χ0) is 16.2. The predicted molar refractivity (Wildman–Crippen MR) is 98.8 cm³/mol. The second kappa shape index (κ2) is 7.07. The van der Waals surface area contributed by atoms with Crippen LogP contribution in [0.5, 0.6) is 0 Å². The molecule has 0 saturated carbocycles. The molecule has 1 atom stereocenters. The molecule has 1 unspecified atom stereocenters. The maximum atomic E-state index is 4.83. The highest BCUT2D eigenvalue weighted by atomic mass is 15.3. The van der Waals surface area contributed by atoms with E-state index in [2.05, 4.69) is 50.4 Å². The maximum absolute atomic E-state index is 4.83. The Hall–Kier alpha value is -2.30. The van der Waals surface area contributed by atoms with E-state index in [1.165, 1.54) is 24.9 Å². The number of piperidine rings is 1. The molecule has 1 aromatic heterocycles. The quantitative estimate of drug-likeness (QED) is 0.936. The standard InChI is InChI=1S/C19H25N5/c1-3-7-16(8-4-1)21-17-10-14-24(15-17)18-9-11-20-19(22-18)23-12-5-2-6-13-23/h1,3-4,7-9,11,17,21H,2,5-6,10,12-15H2. The summed E-state index contributed by atoms with van der Waals surface area (Å²) in [6.07, 6.45) is 6.87. The monoisotopic (exact) mass is 323 g/mol. The van der Waals surface area contributed by atoms with E-state index in [0.717, 1.165) is 44.4 Å². The first kappa shape index (κ1) is 15.2. The van der Waals surface area contributed by atoms with Crippen LogP contribution in [0.3, 0.4) is 0 Å². The third kappa shape index (κ3) is 3.45. The number of para-hydroxylation sites is 1. The molecule has 1 aromatic carbocycles. The fraction of sp³-hybridized carbons (Fsp3) is 0.474. The number of aromatic nitrogens is 2. The molecule has 0 radical (unpaired) electrons. The van der Waals surface area contributed by atoms with E-state index < -0.39 is 0 Å². The normalized spacial score (nSPS) is 21.1. The summed E-state index contributed by atoms with van der Waals surface area (Å²) in [7, 11) is 0. The Balaban J connectivity index is 1.41. The molecule has 2 fully saturated rings. The van der Waals surface area contributed by atoms with Gasteiger partial charge in [-0.3, -0.25) is 0 Å². The van der Waals surface area contributed by atoms with Gasteiger partial charge in [-0.1, -0.05) is 18.2 Å². The average Bonchev–Trinajstić information content (AvgIpc) is 3.12. The highest BCUT2D eigenvalue weighted by Gasteiger charge is 2.24. The van der Waals surface area contributed by atoms with Crippen LogP contribution in [0, 0.1) is 0 Å². The summed E-state index contributed by atoms with van der Waals surface area (Å²) in [6.45, 7) is 4.20. The van der Waals surface area contributed by atoms with Crippen molar-refractivity contribution in [3.63, 3.8) is 0 Å². The lowest BCUT2D eigenvalue weighted by molar-refractivity contribution is 0.568. The summed E-state index contributed by atoms with van der Waals surface area (Å²) in [6, 6.07) is 13.0. The van der Waals surface area contributed by atoms with Gasteiger partial charge in [-0.2, -0.15) is 4.98 Å². The van der Waals surface area contributed by atoms with Crippen LogP contribution in [0.25, 0.3) is 0 Å². The second-order valence-electron chi connectivity index (χ2n) is 6.70. The summed E-state index contributed by atoms with van der Waals surface area (Å²) in [4.78, 5) is 14.0. The van der Waals surface area contributed by atoms with Crippen molar-refractivity contribution in [1.29, 1.82) is 0 Å². The van der Waals surface area contributed by atoms with E-state index in [-0.39, 0.29) is 0 Å². The maximum Gasteiger partial charge on any atom is 0.227 e. The second-order valence-corrected chi connectivity index (χ2v) is 6.70. The van der Waals surface area contributed by atoms with Crippen LogP contribution < -0.4 is 15.1 Å². The van der Waals surface area contributed by atoms with E-state index >= 15 is 0 Å². The molecule has 2 aliphatic rings. The zero-order valence-corrected chi connectivity index (χ0v) is 14.1. The fourth-order valence-corrected chi connectivity index (χ4v) is 3.62. The summed E-state index contributed by atoms with van der Waals surface area (Å²) < 4.78 is 0. The van der Waals surface area contributed by atoms with Crippen LogP contribution in [0.15, 0.2) is 42.6 Å². The SMILES string of the molecule is c1ccc(NC2CCN(c3ccnc(N4CCCCC4)n3)C2)cc1. The molecule has 0 spiro atoms. The largest absolute Gasteiger partial charge is 0.380 e. The number of hydrogen-bond donors (Lipinski definition) is 1. The minimum Gasteiger partial charge on any atom is -0.380 e. The lowest BCUT2D eigenvalue weighted by Crippen LogP contribution is -2.32. The molecular formula is C19H25N5. The Morgan fingerprint density at radius 2 is 1.75 bits per heavy atom. The zero-order valence-electron chi connectivity index (χ0n) is 14.1. The number of hydrogen-bond acceptors (Lipinski definition) is 5. The molecule has 2 aromatic rings. The predicted octanol–water partition coefficient (Wildman–Crippen LogP) is 3.16. The fourth-order valence-electron chi connectivity index (χ4n) is 3.62. The molecule has 2 saturated heterocycles. The molecule has 0 aliphatic carbocycles. The van der Waals surface area contributed by atoms with Gasteiger partial charge in [0, 0.05) is 44.1 Å². The lowest BCUT2D eigenvalue weighted by atomic mass is 10.1. The van der Waals surface area contributed by atoms with Crippen LogP contribution in [-0.4, -0.2) is 42.2 Å². The first-order valence-electron chi connectivity index (χ1n) is 9.03. The molecule has 5 heteroatoms. The number of nitrogens with zero attached hydrogens (tertiary/aromatic N) is 4. The van der Waals surface area contributed by atoms with Crippen molar-refractivity contribution in [1.82, 2.24) is 9.97 Å². The Morgan fingerprint density at radius 1 is 0.917 bits per heavy atom. The molecule has 3 heterocycles. The van der Waals surface area contributed by atoms with Gasteiger partial charge in [-0.25, -0.2) is 4.98 Å². The van der Waals surface area contributed by atoms with Crippen LogP contribution >= 0.6 is 0 Å². The molecular weight excluding hydrogens is 298 g/mol. The van der Waals surface area contributed by atoms with Crippen molar-refractivity contribution < 1.29 is 0 Å². The van der Waals surface area contributed by atoms with E-state index in [1.807, 2.05) is 12.3 Å². The molecule has 2 aliphatic heterocycles. The molecule has 24 heavy (non-hydrogen) atoms. The Morgan fingerprint density at radius 3 is 2.58 bits per heavy atom. The van der Waals surface area contributed by atoms with Gasteiger partial charge in [0.25, 0.3) is 0 Å². The molecule has 4 rings (SSSR count). The molecule has 0 amide bonds. The number of anilines is 3. The lowest BCUT2D eigenvalue weighted by Gasteiger charge is -2.27. The first-order chi connectivity index (χ1) is 11.9. The number of rotatable bonds is 4. The van der Waals surface area contributed by atoms with Gasteiger partial charge in [0.15, 0.2) is 0 Å². The van der Waals surface area contributed by atoms with Gasteiger partial charge in [0.05, 0.1) is 0 Å². The van der Waals surface area contributed by atoms with Crippen molar-refractivity contribution in [3.8, 4) is 0 Å². The minimum absolute atomic E-state index is 0.473. The first-order valence-corrected chi connectivity index (χ1v) is 9.03. The average molecular weight is 323 g/mol. The van der Waals surface area contributed by atoms with Crippen LogP contribution in [0.4, 0.5) is 17.5 Å². The summed E-state index contributed by atoms with van der Waals surface area (Å²) >= 11 is 0. The molecule has 126 valence electrons. The van der Waals surface area contributed by atoms with Gasteiger partial charge in [0.1, 0.15) is 5.82 Å². The number of benzene rings is 1. The van der Waals surface area contributed by atoms with Crippen molar-refractivity contribution in [2.45, 2.75) is 31.7 Å². The third-order valence-corrected chi connectivity index (χ3v) is 4.92. The van der Waals surface area contributed by atoms with Gasteiger partial charge in [-0.15, -0.1) is 0 Å². The summed E-state index contributed by atoms with van der Waals surface area (Å²) in [5, 5.41) is 3.62. The Kier molecular flexibility index (Phi) is 4.49. The van der Waals surface area contributed by atoms with E-state index in [9.17, 15) is 0 Å². The van der Waals surface area contributed by atoms with Gasteiger partial charge >= 0.3 is 0 Å². The van der Waals surface area contributed by atoms with E-state index in [4.69, 9.17) is 4.98 Å². The minimum atomic E-state index is 0.473. The van der Waals surface area contributed by atoms with Crippen molar-refractivity contribution >= 4 is 17.5 Å². The van der Waals surface area contributed by atoms with Gasteiger partial charge in [-0.05, 0) is 43.9 Å². The topological polar surface area (TPSA) is 44.3 Å². The van der Waals surface area contributed by atoms with Crippen molar-refractivity contribution in [2.24, 2.45) is 0 Å². The van der Waals surface area contributed by atoms with E-state index in [0.29, 0.717) is 6.04 Å². The smallest absolute Gasteiger partial charge is 0.227 e. The van der Waals surface area contributed by atoms with Crippen molar-refractivity contribution in [3.05, 3.63) is 42.6 Å². The Bertz CT molecular complexity index is 654. The van der Waals surface area contributed by atoms with Crippen LogP contribution in [0.1, 0.15) is 25.7 Å². The van der Waals surface area contributed by atoms with Gasteiger partial charge in [0.2, 0.25) is 5.95 Å². The van der Waals surface area contributed by atoms with Crippen LogP contribution in [0.2, 0.25) is 0 Å². The third-order valence-electron chi connectivity index (χ3n) is 4.92. The highest BCUT2D eigenvalue weighted by molar-refractivity contribution is 5.48. The van der Waals surface area contributed by atoms with E-state index in [1.54, 1.807) is 0 Å².